The summed E-state index contributed by atoms with van der Waals surface area (Å²) in [5.74, 6) is -0.955. The van der Waals surface area contributed by atoms with Gasteiger partial charge in [-0.2, -0.15) is 0 Å². The lowest BCUT2D eigenvalue weighted by Crippen LogP contribution is -2.40. The van der Waals surface area contributed by atoms with E-state index in [1.165, 1.54) is 12.5 Å². The molecule has 24 heavy (non-hydrogen) atoms. The zero-order valence-corrected chi connectivity index (χ0v) is 14.6. The van der Waals surface area contributed by atoms with E-state index in [0.29, 0.717) is 6.54 Å². The summed E-state index contributed by atoms with van der Waals surface area (Å²) in [7, 11) is -4.07. The van der Waals surface area contributed by atoms with Crippen LogP contribution in [0.1, 0.15) is 40.0 Å². The van der Waals surface area contributed by atoms with Crippen LogP contribution in [-0.2, 0) is 10.0 Å². The predicted molar refractivity (Wildman–Crippen MR) is 88.5 cm³/mol. The third-order valence-electron chi connectivity index (χ3n) is 4.42. The second-order valence-corrected chi connectivity index (χ2v) is 7.97. The predicted octanol–water partition coefficient (Wildman–Crippen LogP) is 1.07. The summed E-state index contributed by atoms with van der Waals surface area (Å²) >= 11 is 5.90. The van der Waals surface area contributed by atoms with Gasteiger partial charge in [-0.1, -0.05) is 18.0 Å². The van der Waals surface area contributed by atoms with E-state index < -0.39 is 21.8 Å². The Kier molecular flexibility index (Phi) is 4.65. The first-order valence-corrected chi connectivity index (χ1v) is 9.66. The van der Waals surface area contributed by atoms with Crippen LogP contribution in [0.2, 0.25) is 5.02 Å². The summed E-state index contributed by atoms with van der Waals surface area (Å²) in [6.07, 6.45) is 3.45. The minimum Gasteiger partial charge on any atom is -0.302 e. The van der Waals surface area contributed by atoms with Gasteiger partial charge in [-0.15, -0.1) is 0 Å². The van der Waals surface area contributed by atoms with Crippen molar-refractivity contribution in [2.75, 3.05) is 26.2 Å². The van der Waals surface area contributed by atoms with Crippen molar-refractivity contribution < 1.29 is 18.0 Å². The molecule has 0 radical (unpaired) electrons. The Balaban J connectivity index is 1.83. The summed E-state index contributed by atoms with van der Waals surface area (Å²) in [4.78, 5) is 27.9. The van der Waals surface area contributed by atoms with E-state index in [4.69, 9.17) is 16.7 Å². The number of imide groups is 1. The van der Waals surface area contributed by atoms with Crippen LogP contribution in [0, 0.1) is 0 Å². The highest BCUT2D eigenvalue weighted by Crippen LogP contribution is 2.30. The van der Waals surface area contributed by atoms with Gasteiger partial charge in [0.15, 0.2) is 0 Å². The van der Waals surface area contributed by atoms with Crippen molar-refractivity contribution in [3.05, 3.63) is 28.3 Å². The molecule has 1 aromatic rings. The SMILES string of the molecule is NS(=O)(=O)c1cc2c(cc1Cl)C(=O)N(CCN1CCCCC1)C2=O. The number of hydrogen-bond donors (Lipinski definition) is 1. The number of amides is 2. The van der Waals surface area contributed by atoms with Crippen LogP contribution < -0.4 is 5.14 Å². The maximum absolute atomic E-state index is 12.5. The number of halogens is 1. The maximum atomic E-state index is 12.5. The highest BCUT2D eigenvalue weighted by Gasteiger charge is 2.37. The number of primary sulfonamides is 1. The molecular formula is C15H18ClN3O4S. The van der Waals surface area contributed by atoms with Crippen molar-refractivity contribution in [1.29, 1.82) is 0 Å². The molecule has 1 fully saturated rings. The summed E-state index contributed by atoms with van der Waals surface area (Å²) in [6, 6.07) is 2.30. The summed E-state index contributed by atoms with van der Waals surface area (Å²) in [5, 5.41) is 4.94. The standard InChI is InChI=1S/C15H18ClN3O4S/c16-12-8-10-11(9-13(12)24(17,22)23)15(21)19(14(10)20)7-6-18-4-2-1-3-5-18/h8-9H,1-7H2,(H2,17,22,23). The summed E-state index contributed by atoms with van der Waals surface area (Å²) < 4.78 is 23.1. The lowest BCUT2D eigenvalue weighted by atomic mass is 10.1. The molecule has 130 valence electrons. The number of carbonyl (C=O) groups is 2. The number of likely N-dealkylation sites (tertiary alicyclic amines) is 1. The van der Waals surface area contributed by atoms with Crippen molar-refractivity contribution in [1.82, 2.24) is 9.80 Å². The molecule has 7 nitrogen and oxygen atoms in total. The van der Waals surface area contributed by atoms with Gasteiger partial charge in [0.1, 0.15) is 4.90 Å². The van der Waals surface area contributed by atoms with E-state index in [-0.39, 0.29) is 27.6 Å². The number of rotatable bonds is 4. The number of piperidine rings is 1. The van der Waals surface area contributed by atoms with E-state index in [0.717, 1.165) is 36.9 Å². The van der Waals surface area contributed by atoms with E-state index >= 15 is 0 Å². The fraction of sp³-hybridized carbons (Fsp3) is 0.467. The van der Waals surface area contributed by atoms with Gasteiger partial charge < -0.3 is 4.90 Å². The second-order valence-electron chi connectivity index (χ2n) is 6.04. The molecule has 2 heterocycles. The number of sulfonamides is 1. The van der Waals surface area contributed by atoms with Gasteiger partial charge in [0.05, 0.1) is 16.1 Å². The average Bonchev–Trinajstić information content (AvgIpc) is 2.75. The molecule has 9 heteroatoms. The first-order valence-electron chi connectivity index (χ1n) is 7.74. The zero-order chi connectivity index (χ0) is 17.5. The molecule has 0 aliphatic carbocycles. The van der Waals surface area contributed by atoms with Crippen molar-refractivity contribution >= 4 is 33.4 Å². The fourth-order valence-corrected chi connectivity index (χ4v) is 4.23. The number of hydrogen-bond acceptors (Lipinski definition) is 5. The van der Waals surface area contributed by atoms with Gasteiger partial charge in [-0.25, -0.2) is 13.6 Å². The molecule has 0 bridgehead atoms. The van der Waals surface area contributed by atoms with Crippen molar-refractivity contribution in [2.24, 2.45) is 5.14 Å². The van der Waals surface area contributed by atoms with Gasteiger partial charge in [-0.05, 0) is 38.1 Å². The van der Waals surface area contributed by atoms with Gasteiger partial charge in [-0.3, -0.25) is 14.5 Å². The second kappa shape index (κ2) is 6.44. The maximum Gasteiger partial charge on any atom is 0.261 e. The minimum atomic E-state index is -4.07. The lowest BCUT2D eigenvalue weighted by molar-refractivity contribution is 0.0631. The Labute approximate surface area is 145 Å². The normalized spacial score (nSPS) is 19.0. The lowest BCUT2D eigenvalue weighted by Gasteiger charge is -2.27. The highest BCUT2D eigenvalue weighted by molar-refractivity contribution is 7.89. The molecule has 2 N–H and O–H groups in total. The van der Waals surface area contributed by atoms with Crippen molar-refractivity contribution in [3.63, 3.8) is 0 Å². The van der Waals surface area contributed by atoms with Crippen LogP contribution in [0.15, 0.2) is 17.0 Å². The molecular weight excluding hydrogens is 354 g/mol. The number of carbonyl (C=O) groups excluding carboxylic acids is 2. The van der Waals surface area contributed by atoms with Crippen molar-refractivity contribution in [3.8, 4) is 0 Å². The number of nitrogens with zero attached hydrogens (tertiary/aromatic N) is 2. The van der Waals surface area contributed by atoms with Crippen molar-refractivity contribution in [2.45, 2.75) is 24.2 Å². The van der Waals surface area contributed by atoms with Gasteiger partial charge in [0, 0.05) is 13.1 Å². The summed E-state index contributed by atoms with van der Waals surface area (Å²) in [5.41, 5.74) is 0.156. The van der Waals surface area contributed by atoms with E-state index in [9.17, 15) is 18.0 Å². The number of fused-ring (bicyclic) bond motifs is 1. The van der Waals surface area contributed by atoms with E-state index in [1.54, 1.807) is 0 Å². The topological polar surface area (TPSA) is 101 Å². The molecule has 0 unspecified atom stereocenters. The molecule has 2 aliphatic heterocycles. The Morgan fingerprint density at radius 1 is 1.00 bits per heavy atom. The molecule has 1 aromatic carbocycles. The molecule has 0 aromatic heterocycles. The quantitative estimate of drug-likeness (QED) is 0.798. The number of nitrogens with two attached hydrogens (primary N) is 1. The Hall–Kier alpha value is -1.48. The van der Waals surface area contributed by atoms with Crippen LogP contribution >= 0.6 is 11.6 Å². The first-order chi connectivity index (χ1) is 11.3. The third kappa shape index (κ3) is 3.19. The van der Waals surface area contributed by atoms with Crippen LogP contribution in [0.4, 0.5) is 0 Å². The Bertz CT molecular complexity index is 803. The zero-order valence-electron chi connectivity index (χ0n) is 13.0. The minimum absolute atomic E-state index is 0.0343. The molecule has 3 rings (SSSR count). The number of benzene rings is 1. The molecule has 0 atom stereocenters. The van der Waals surface area contributed by atoms with E-state index in [2.05, 4.69) is 4.90 Å². The summed E-state index contributed by atoms with van der Waals surface area (Å²) in [6.45, 7) is 2.81. The molecule has 0 saturated carbocycles. The monoisotopic (exact) mass is 371 g/mol. The van der Waals surface area contributed by atoms with Crippen LogP contribution in [0.25, 0.3) is 0 Å². The Morgan fingerprint density at radius 2 is 1.58 bits per heavy atom. The fourth-order valence-electron chi connectivity index (χ4n) is 3.14. The molecule has 0 spiro atoms. The molecule has 1 saturated heterocycles. The highest BCUT2D eigenvalue weighted by atomic mass is 35.5. The van der Waals surface area contributed by atoms with Gasteiger partial charge in [0.25, 0.3) is 11.8 Å². The van der Waals surface area contributed by atoms with Crippen LogP contribution in [-0.4, -0.2) is 56.2 Å². The van der Waals surface area contributed by atoms with Crippen LogP contribution in [0.5, 0.6) is 0 Å². The molecule has 2 amide bonds. The molecule has 2 aliphatic rings. The first kappa shape index (κ1) is 17.3. The Morgan fingerprint density at radius 3 is 2.17 bits per heavy atom. The smallest absolute Gasteiger partial charge is 0.261 e. The van der Waals surface area contributed by atoms with E-state index in [1.807, 2.05) is 0 Å². The third-order valence-corrected chi connectivity index (χ3v) is 5.79. The van der Waals surface area contributed by atoms with Gasteiger partial charge >= 0.3 is 0 Å². The van der Waals surface area contributed by atoms with Gasteiger partial charge in [0.2, 0.25) is 10.0 Å². The average molecular weight is 372 g/mol. The largest absolute Gasteiger partial charge is 0.302 e. The van der Waals surface area contributed by atoms with Crippen LogP contribution in [0.3, 0.4) is 0 Å².